The molecule has 2 aromatic rings. The molecule has 0 radical (unpaired) electrons. The molecule has 0 amide bonds. The third kappa shape index (κ3) is 2.57. The van der Waals surface area contributed by atoms with Crippen molar-refractivity contribution in [3.63, 3.8) is 0 Å². The lowest BCUT2D eigenvalue weighted by atomic mass is 10.1. The molecule has 1 aromatic carbocycles. The standard InChI is InChI=1S/C13H8F5N/c1-7-10(14)4-3-9(12(7)15)11-5-2-8(6-19-11)13(16,17)18/h2-6H,1H3. The van der Waals surface area contributed by atoms with E-state index in [0.29, 0.717) is 6.20 Å². The predicted molar refractivity (Wildman–Crippen MR) is 59.3 cm³/mol. The van der Waals surface area contributed by atoms with Gasteiger partial charge in [-0.1, -0.05) is 0 Å². The Morgan fingerprint density at radius 3 is 2.21 bits per heavy atom. The summed E-state index contributed by atoms with van der Waals surface area (Å²) in [6.07, 6.45) is -3.88. The van der Waals surface area contributed by atoms with Crippen LogP contribution >= 0.6 is 0 Å². The molecule has 0 aliphatic rings. The normalized spacial score (nSPS) is 11.7. The van der Waals surface area contributed by atoms with E-state index < -0.39 is 23.4 Å². The molecule has 0 saturated heterocycles. The monoisotopic (exact) mass is 273 g/mol. The van der Waals surface area contributed by atoms with Crippen LogP contribution in [0.15, 0.2) is 30.5 Å². The van der Waals surface area contributed by atoms with E-state index in [1.54, 1.807) is 0 Å². The number of hydrogen-bond donors (Lipinski definition) is 0. The van der Waals surface area contributed by atoms with Crippen LogP contribution in [0, 0.1) is 18.6 Å². The summed E-state index contributed by atoms with van der Waals surface area (Å²) in [5.74, 6) is -1.54. The Kier molecular flexibility index (Phi) is 3.26. The van der Waals surface area contributed by atoms with Gasteiger partial charge in [-0.2, -0.15) is 13.2 Å². The summed E-state index contributed by atoms with van der Waals surface area (Å²) >= 11 is 0. The SMILES string of the molecule is Cc1c(F)ccc(-c2ccc(C(F)(F)F)cn2)c1F. The summed E-state index contributed by atoms with van der Waals surface area (Å²) in [5, 5.41) is 0. The number of hydrogen-bond acceptors (Lipinski definition) is 1. The number of rotatable bonds is 1. The first-order valence-corrected chi connectivity index (χ1v) is 5.29. The van der Waals surface area contributed by atoms with Gasteiger partial charge in [-0.3, -0.25) is 4.98 Å². The number of alkyl halides is 3. The summed E-state index contributed by atoms with van der Waals surface area (Å²) < 4.78 is 63.9. The van der Waals surface area contributed by atoms with Gasteiger partial charge in [0.15, 0.2) is 0 Å². The fourth-order valence-corrected chi connectivity index (χ4v) is 1.58. The van der Waals surface area contributed by atoms with E-state index >= 15 is 0 Å². The molecule has 1 heterocycles. The van der Waals surface area contributed by atoms with Gasteiger partial charge in [0.05, 0.1) is 11.3 Å². The molecule has 0 N–H and O–H groups in total. The quantitative estimate of drug-likeness (QED) is 0.704. The summed E-state index contributed by atoms with van der Waals surface area (Å²) in [7, 11) is 0. The van der Waals surface area contributed by atoms with Crippen LogP contribution in [0.3, 0.4) is 0 Å². The maximum Gasteiger partial charge on any atom is 0.417 e. The Hall–Kier alpha value is -1.98. The molecule has 100 valence electrons. The third-order valence-corrected chi connectivity index (χ3v) is 2.69. The Bertz CT molecular complexity index is 602. The molecule has 1 nitrogen and oxygen atoms in total. The molecule has 6 heteroatoms. The molecule has 0 fully saturated rings. The van der Waals surface area contributed by atoms with Crippen LogP contribution in [0.5, 0.6) is 0 Å². The Morgan fingerprint density at radius 2 is 1.68 bits per heavy atom. The second-order valence-corrected chi connectivity index (χ2v) is 3.96. The van der Waals surface area contributed by atoms with E-state index in [2.05, 4.69) is 4.98 Å². The van der Waals surface area contributed by atoms with Gasteiger partial charge in [0.25, 0.3) is 0 Å². The smallest absolute Gasteiger partial charge is 0.256 e. The lowest BCUT2D eigenvalue weighted by molar-refractivity contribution is -0.137. The number of aromatic nitrogens is 1. The molecule has 0 saturated carbocycles. The van der Waals surface area contributed by atoms with Gasteiger partial charge >= 0.3 is 6.18 Å². The van der Waals surface area contributed by atoms with Crippen LogP contribution in [0.1, 0.15) is 11.1 Å². The third-order valence-electron chi connectivity index (χ3n) is 2.69. The van der Waals surface area contributed by atoms with Crippen molar-refractivity contribution in [2.75, 3.05) is 0 Å². The molecule has 0 aliphatic carbocycles. The largest absolute Gasteiger partial charge is 0.417 e. The lowest BCUT2D eigenvalue weighted by Crippen LogP contribution is -2.05. The molecular weight excluding hydrogens is 265 g/mol. The average Bonchev–Trinajstić information content (AvgIpc) is 2.35. The first-order valence-electron chi connectivity index (χ1n) is 5.29. The van der Waals surface area contributed by atoms with Crippen LogP contribution in [-0.4, -0.2) is 4.98 Å². The second-order valence-electron chi connectivity index (χ2n) is 3.96. The van der Waals surface area contributed by atoms with Gasteiger partial charge in [0, 0.05) is 17.3 Å². The molecule has 1 aromatic heterocycles. The highest BCUT2D eigenvalue weighted by Crippen LogP contribution is 2.30. The van der Waals surface area contributed by atoms with Crippen molar-refractivity contribution in [1.29, 1.82) is 0 Å². The van der Waals surface area contributed by atoms with Crippen molar-refractivity contribution >= 4 is 0 Å². The molecule has 0 aliphatic heterocycles. The fourth-order valence-electron chi connectivity index (χ4n) is 1.58. The van der Waals surface area contributed by atoms with Gasteiger partial charge in [0.1, 0.15) is 11.6 Å². The minimum absolute atomic E-state index is 0.0219. The minimum Gasteiger partial charge on any atom is -0.256 e. The number of benzene rings is 1. The average molecular weight is 273 g/mol. The van der Waals surface area contributed by atoms with Crippen LogP contribution in [0.25, 0.3) is 11.3 Å². The Morgan fingerprint density at radius 1 is 1.00 bits per heavy atom. The molecule has 0 spiro atoms. The van der Waals surface area contributed by atoms with Crippen LogP contribution in [-0.2, 0) is 6.18 Å². The first kappa shape index (κ1) is 13.5. The van der Waals surface area contributed by atoms with Gasteiger partial charge in [0.2, 0.25) is 0 Å². The fraction of sp³-hybridized carbons (Fsp3) is 0.154. The zero-order valence-electron chi connectivity index (χ0n) is 9.72. The van der Waals surface area contributed by atoms with Crippen molar-refractivity contribution in [2.45, 2.75) is 13.1 Å². The van der Waals surface area contributed by atoms with Gasteiger partial charge < -0.3 is 0 Å². The molecule has 0 atom stereocenters. The summed E-state index contributed by atoms with van der Waals surface area (Å²) in [6, 6.07) is 4.05. The highest BCUT2D eigenvalue weighted by molar-refractivity contribution is 5.61. The van der Waals surface area contributed by atoms with Crippen molar-refractivity contribution in [2.24, 2.45) is 0 Å². The molecule has 19 heavy (non-hydrogen) atoms. The van der Waals surface area contributed by atoms with Gasteiger partial charge in [-0.05, 0) is 31.2 Å². The predicted octanol–water partition coefficient (Wildman–Crippen LogP) is 4.35. The highest BCUT2D eigenvalue weighted by atomic mass is 19.4. The van der Waals surface area contributed by atoms with Gasteiger partial charge in [-0.15, -0.1) is 0 Å². The zero-order chi connectivity index (χ0) is 14.2. The Labute approximate surface area is 105 Å². The van der Waals surface area contributed by atoms with Gasteiger partial charge in [-0.25, -0.2) is 8.78 Å². The van der Waals surface area contributed by atoms with E-state index in [0.717, 1.165) is 24.3 Å². The number of nitrogens with zero attached hydrogens (tertiary/aromatic N) is 1. The van der Waals surface area contributed by atoms with E-state index in [-0.39, 0.29) is 16.8 Å². The number of halogens is 5. The van der Waals surface area contributed by atoms with E-state index in [4.69, 9.17) is 0 Å². The van der Waals surface area contributed by atoms with Crippen molar-refractivity contribution in [3.8, 4) is 11.3 Å². The van der Waals surface area contributed by atoms with Crippen LogP contribution in [0.4, 0.5) is 22.0 Å². The van der Waals surface area contributed by atoms with E-state index in [1.165, 1.54) is 6.92 Å². The van der Waals surface area contributed by atoms with E-state index in [1.807, 2.05) is 0 Å². The second kappa shape index (κ2) is 4.60. The Balaban J connectivity index is 2.46. The zero-order valence-corrected chi connectivity index (χ0v) is 9.72. The minimum atomic E-state index is -4.50. The molecule has 0 bridgehead atoms. The number of pyridine rings is 1. The van der Waals surface area contributed by atoms with Crippen molar-refractivity contribution < 1.29 is 22.0 Å². The van der Waals surface area contributed by atoms with Crippen molar-refractivity contribution in [3.05, 3.63) is 53.2 Å². The maximum atomic E-state index is 13.8. The van der Waals surface area contributed by atoms with Crippen LogP contribution in [0.2, 0.25) is 0 Å². The molecule has 2 rings (SSSR count). The molecular formula is C13H8F5N. The maximum absolute atomic E-state index is 13.8. The summed E-state index contributed by atoms with van der Waals surface area (Å²) in [5.41, 5.74) is -1.13. The van der Waals surface area contributed by atoms with Crippen LogP contribution < -0.4 is 0 Å². The topological polar surface area (TPSA) is 12.9 Å². The van der Waals surface area contributed by atoms with E-state index in [9.17, 15) is 22.0 Å². The lowest BCUT2D eigenvalue weighted by Gasteiger charge is -2.08. The summed E-state index contributed by atoms with van der Waals surface area (Å²) in [6.45, 7) is 1.25. The first-order chi connectivity index (χ1) is 8.80. The highest BCUT2D eigenvalue weighted by Gasteiger charge is 2.30. The molecule has 0 unspecified atom stereocenters. The van der Waals surface area contributed by atoms with Crippen molar-refractivity contribution in [1.82, 2.24) is 4.98 Å². The summed E-state index contributed by atoms with van der Waals surface area (Å²) in [4.78, 5) is 3.56.